The molecule has 0 aliphatic carbocycles. The standard InChI is InChI=1S/C18H17BrN4O/c1-11-9-22(12(2)15-6-4-3-5-14(11)15)18(24)16-7-17-20-8-13(19)10-23(17)21-16/h3-8,10-12H,9H2,1-2H3/t11-,12-/m0/s1. The van der Waals surface area contributed by atoms with Crippen molar-refractivity contribution in [3.8, 4) is 0 Å². The summed E-state index contributed by atoms with van der Waals surface area (Å²) >= 11 is 3.37. The van der Waals surface area contributed by atoms with Gasteiger partial charge >= 0.3 is 0 Å². The second-order valence-corrected chi connectivity index (χ2v) is 7.18. The Labute approximate surface area is 148 Å². The molecule has 0 saturated heterocycles. The van der Waals surface area contributed by atoms with Crippen LogP contribution in [0.2, 0.25) is 0 Å². The summed E-state index contributed by atoms with van der Waals surface area (Å²) in [5, 5.41) is 4.40. The topological polar surface area (TPSA) is 50.5 Å². The molecule has 4 rings (SSSR count). The number of hydrogen-bond acceptors (Lipinski definition) is 3. The van der Waals surface area contributed by atoms with Crippen molar-refractivity contribution < 1.29 is 4.79 Å². The van der Waals surface area contributed by atoms with E-state index in [1.807, 2.05) is 11.0 Å². The molecule has 24 heavy (non-hydrogen) atoms. The molecular formula is C18H17BrN4O. The minimum atomic E-state index is -0.0505. The number of benzene rings is 1. The van der Waals surface area contributed by atoms with Crippen LogP contribution < -0.4 is 0 Å². The monoisotopic (exact) mass is 384 g/mol. The van der Waals surface area contributed by atoms with Gasteiger partial charge in [-0.1, -0.05) is 31.2 Å². The van der Waals surface area contributed by atoms with E-state index in [2.05, 4.69) is 58.1 Å². The third-order valence-corrected chi connectivity index (χ3v) is 5.09. The van der Waals surface area contributed by atoms with E-state index < -0.39 is 0 Å². The molecule has 0 radical (unpaired) electrons. The lowest BCUT2D eigenvalue weighted by Gasteiger charge is -2.38. The van der Waals surface area contributed by atoms with Gasteiger partial charge in [-0.05, 0) is 39.9 Å². The van der Waals surface area contributed by atoms with Crippen LogP contribution in [0.15, 0.2) is 47.2 Å². The van der Waals surface area contributed by atoms with Crippen molar-refractivity contribution in [2.24, 2.45) is 0 Å². The number of fused-ring (bicyclic) bond motifs is 2. The van der Waals surface area contributed by atoms with Gasteiger partial charge in [0.2, 0.25) is 0 Å². The molecule has 2 aromatic heterocycles. The third kappa shape index (κ3) is 2.41. The lowest BCUT2D eigenvalue weighted by molar-refractivity contribution is 0.0653. The number of carbonyl (C=O) groups excluding carboxylic acids is 1. The number of amides is 1. The highest BCUT2D eigenvalue weighted by atomic mass is 79.9. The summed E-state index contributed by atoms with van der Waals surface area (Å²) in [6.45, 7) is 4.93. The molecule has 6 heteroatoms. The number of halogens is 1. The molecular weight excluding hydrogens is 368 g/mol. The smallest absolute Gasteiger partial charge is 0.274 e. The fraction of sp³-hybridized carbons (Fsp3) is 0.278. The zero-order valence-corrected chi connectivity index (χ0v) is 15.1. The second-order valence-electron chi connectivity index (χ2n) is 6.27. The van der Waals surface area contributed by atoms with Gasteiger partial charge in [0.05, 0.1) is 10.5 Å². The van der Waals surface area contributed by atoms with Gasteiger partial charge in [-0.3, -0.25) is 4.79 Å². The van der Waals surface area contributed by atoms with Crippen LogP contribution in [0.25, 0.3) is 5.65 Å². The Balaban J connectivity index is 1.71. The molecule has 0 spiro atoms. The normalized spacial score (nSPS) is 20.2. The Morgan fingerprint density at radius 2 is 2.00 bits per heavy atom. The third-order valence-electron chi connectivity index (χ3n) is 4.68. The van der Waals surface area contributed by atoms with Crippen molar-refractivity contribution in [1.29, 1.82) is 0 Å². The van der Waals surface area contributed by atoms with Gasteiger partial charge in [-0.15, -0.1) is 0 Å². The van der Waals surface area contributed by atoms with Gasteiger partial charge in [0.25, 0.3) is 5.91 Å². The molecule has 1 amide bonds. The minimum Gasteiger partial charge on any atom is -0.330 e. The first kappa shape index (κ1) is 15.3. The largest absolute Gasteiger partial charge is 0.330 e. The summed E-state index contributed by atoms with van der Waals surface area (Å²) in [5.74, 6) is 0.260. The predicted octanol–water partition coefficient (Wildman–Crippen LogP) is 3.81. The maximum Gasteiger partial charge on any atom is 0.274 e. The van der Waals surface area contributed by atoms with E-state index in [0.29, 0.717) is 23.8 Å². The second kappa shape index (κ2) is 5.70. The first-order valence-electron chi connectivity index (χ1n) is 7.95. The average molecular weight is 385 g/mol. The molecule has 122 valence electrons. The zero-order valence-electron chi connectivity index (χ0n) is 13.5. The Morgan fingerprint density at radius 3 is 2.79 bits per heavy atom. The first-order chi connectivity index (χ1) is 11.5. The summed E-state index contributed by atoms with van der Waals surface area (Å²) in [5.41, 5.74) is 3.64. The molecule has 0 bridgehead atoms. The molecule has 0 unspecified atom stereocenters. The maximum absolute atomic E-state index is 13.0. The fourth-order valence-electron chi connectivity index (χ4n) is 3.42. The van der Waals surface area contributed by atoms with E-state index in [1.165, 1.54) is 11.1 Å². The lowest BCUT2D eigenvalue weighted by atomic mass is 9.86. The Kier molecular flexibility index (Phi) is 3.64. The summed E-state index contributed by atoms with van der Waals surface area (Å²) in [6.07, 6.45) is 3.50. The van der Waals surface area contributed by atoms with E-state index in [9.17, 15) is 4.79 Å². The van der Waals surface area contributed by atoms with Crippen molar-refractivity contribution in [3.05, 3.63) is 64.0 Å². The molecule has 2 atom stereocenters. The van der Waals surface area contributed by atoms with Crippen LogP contribution in [0.5, 0.6) is 0 Å². The van der Waals surface area contributed by atoms with E-state index in [-0.39, 0.29) is 11.9 Å². The van der Waals surface area contributed by atoms with Crippen LogP contribution in [-0.2, 0) is 0 Å². The number of rotatable bonds is 1. The first-order valence-corrected chi connectivity index (χ1v) is 8.74. The van der Waals surface area contributed by atoms with Crippen molar-refractivity contribution in [2.45, 2.75) is 25.8 Å². The van der Waals surface area contributed by atoms with Gasteiger partial charge < -0.3 is 4.90 Å². The van der Waals surface area contributed by atoms with E-state index in [4.69, 9.17) is 0 Å². The van der Waals surface area contributed by atoms with Gasteiger partial charge in [0.1, 0.15) is 0 Å². The van der Waals surface area contributed by atoms with Crippen LogP contribution in [0, 0.1) is 0 Å². The van der Waals surface area contributed by atoms with Gasteiger partial charge in [-0.25, -0.2) is 9.50 Å². The van der Waals surface area contributed by atoms with Crippen molar-refractivity contribution in [2.75, 3.05) is 6.54 Å². The molecule has 3 heterocycles. The number of nitrogens with zero attached hydrogens (tertiary/aromatic N) is 4. The predicted molar refractivity (Wildman–Crippen MR) is 95.0 cm³/mol. The molecule has 0 saturated carbocycles. The van der Waals surface area contributed by atoms with Crippen LogP contribution >= 0.6 is 15.9 Å². The number of carbonyl (C=O) groups is 1. The fourth-order valence-corrected chi connectivity index (χ4v) is 3.72. The molecule has 1 aromatic carbocycles. The Hall–Kier alpha value is -2.21. The quantitative estimate of drug-likeness (QED) is 0.640. The summed E-state index contributed by atoms with van der Waals surface area (Å²) in [6, 6.07) is 10.1. The minimum absolute atomic E-state index is 0.0365. The molecule has 5 nitrogen and oxygen atoms in total. The van der Waals surface area contributed by atoms with Crippen LogP contribution in [0.3, 0.4) is 0 Å². The van der Waals surface area contributed by atoms with Crippen LogP contribution in [0.1, 0.15) is 47.4 Å². The van der Waals surface area contributed by atoms with Gasteiger partial charge in [-0.2, -0.15) is 5.10 Å². The van der Waals surface area contributed by atoms with E-state index >= 15 is 0 Å². The summed E-state index contributed by atoms with van der Waals surface area (Å²) < 4.78 is 2.45. The van der Waals surface area contributed by atoms with Crippen LogP contribution in [-0.4, -0.2) is 31.9 Å². The van der Waals surface area contributed by atoms with Crippen molar-refractivity contribution >= 4 is 27.5 Å². The highest BCUT2D eigenvalue weighted by Gasteiger charge is 2.32. The molecule has 0 fully saturated rings. The SMILES string of the molecule is C[C@H]1CN(C(=O)c2cc3ncc(Br)cn3n2)[C@@H](C)c2ccccc21. The van der Waals surface area contributed by atoms with Gasteiger partial charge in [0, 0.05) is 25.0 Å². The van der Waals surface area contributed by atoms with Crippen LogP contribution in [0.4, 0.5) is 0 Å². The molecule has 0 N–H and O–H groups in total. The van der Waals surface area contributed by atoms with E-state index in [0.717, 1.165) is 4.47 Å². The average Bonchev–Trinajstić information content (AvgIpc) is 3.00. The van der Waals surface area contributed by atoms with Gasteiger partial charge in [0.15, 0.2) is 11.3 Å². The summed E-state index contributed by atoms with van der Waals surface area (Å²) in [4.78, 5) is 19.2. The Bertz CT molecular complexity index is 936. The molecule has 1 aliphatic heterocycles. The summed E-state index contributed by atoms with van der Waals surface area (Å²) in [7, 11) is 0. The number of aromatic nitrogens is 3. The van der Waals surface area contributed by atoms with Crippen molar-refractivity contribution in [3.63, 3.8) is 0 Å². The zero-order chi connectivity index (χ0) is 16.8. The lowest BCUT2D eigenvalue weighted by Crippen LogP contribution is -2.40. The Morgan fingerprint density at radius 1 is 1.25 bits per heavy atom. The maximum atomic E-state index is 13.0. The van der Waals surface area contributed by atoms with Crippen molar-refractivity contribution in [1.82, 2.24) is 19.5 Å². The highest BCUT2D eigenvalue weighted by molar-refractivity contribution is 9.10. The van der Waals surface area contributed by atoms with E-state index in [1.54, 1.807) is 23.0 Å². The number of hydrogen-bond donors (Lipinski definition) is 0. The molecule has 1 aliphatic rings. The highest BCUT2D eigenvalue weighted by Crippen LogP contribution is 2.36. The molecule has 3 aromatic rings.